The summed E-state index contributed by atoms with van der Waals surface area (Å²) in [6.45, 7) is 2.34. The van der Waals surface area contributed by atoms with Gasteiger partial charge in [0.1, 0.15) is 5.54 Å². The van der Waals surface area contributed by atoms with Crippen LogP contribution in [-0.4, -0.2) is 41.0 Å². The van der Waals surface area contributed by atoms with E-state index in [1.165, 1.54) is 7.11 Å². The lowest BCUT2D eigenvalue weighted by molar-refractivity contribution is -0.151. The standard InChI is InChI=1S/C17H18N2O3/c1-17(16(21)22-2)8-4-10-19(17)15(20)13-6-7-14-12(11-13)5-3-9-18-14/h3,5-7,9,11H,4,8,10H2,1-2H3. The number of amides is 1. The van der Waals surface area contributed by atoms with Crippen LogP contribution in [0.2, 0.25) is 0 Å². The van der Waals surface area contributed by atoms with E-state index in [0.717, 1.165) is 17.3 Å². The Hall–Kier alpha value is -2.43. The molecule has 0 radical (unpaired) electrons. The third-order valence-electron chi connectivity index (χ3n) is 4.36. The van der Waals surface area contributed by atoms with Gasteiger partial charge in [-0.3, -0.25) is 9.78 Å². The van der Waals surface area contributed by atoms with E-state index in [-0.39, 0.29) is 11.9 Å². The van der Waals surface area contributed by atoms with Gasteiger partial charge in [-0.05, 0) is 44.0 Å². The summed E-state index contributed by atoms with van der Waals surface area (Å²) in [4.78, 5) is 30.8. The van der Waals surface area contributed by atoms with Gasteiger partial charge < -0.3 is 9.64 Å². The Morgan fingerprint density at radius 3 is 2.91 bits per heavy atom. The summed E-state index contributed by atoms with van der Waals surface area (Å²) in [5, 5.41) is 0.910. The number of hydrogen-bond acceptors (Lipinski definition) is 4. The van der Waals surface area contributed by atoms with E-state index >= 15 is 0 Å². The number of carbonyl (C=O) groups excluding carboxylic acids is 2. The SMILES string of the molecule is COC(=O)C1(C)CCCN1C(=O)c1ccc2ncccc2c1. The zero-order valence-corrected chi connectivity index (χ0v) is 12.7. The second-order valence-electron chi connectivity index (χ2n) is 5.74. The highest BCUT2D eigenvalue weighted by atomic mass is 16.5. The van der Waals surface area contributed by atoms with Gasteiger partial charge in [-0.25, -0.2) is 4.79 Å². The molecule has 3 rings (SSSR count). The van der Waals surface area contributed by atoms with Crippen molar-refractivity contribution in [2.45, 2.75) is 25.3 Å². The Morgan fingerprint density at radius 2 is 2.14 bits per heavy atom. The molecule has 0 spiro atoms. The average Bonchev–Trinajstić information content (AvgIpc) is 2.96. The molecule has 0 bridgehead atoms. The number of fused-ring (bicyclic) bond motifs is 1. The largest absolute Gasteiger partial charge is 0.467 e. The summed E-state index contributed by atoms with van der Waals surface area (Å²) in [6.07, 6.45) is 3.14. The number of benzene rings is 1. The summed E-state index contributed by atoms with van der Waals surface area (Å²) in [7, 11) is 1.36. The van der Waals surface area contributed by atoms with Crippen LogP contribution in [0.4, 0.5) is 0 Å². The molecule has 114 valence electrons. The molecule has 1 aliphatic rings. The first kappa shape index (κ1) is 14.5. The number of hydrogen-bond donors (Lipinski definition) is 0. The van der Waals surface area contributed by atoms with Crippen LogP contribution in [0.5, 0.6) is 0 Å². The third kappa shape index (κ3) is 2.22. The van der Waals surface area contributed by atoms with E-state index in [1.807, 2.05) is 24.3 Å². The molecule has 1 saturated heterocycles. The van der Waals surface area contributed by atoms with Gasteiger partial charge in [0.15, 0.2) is 0 Å². The molecular formula is C17H18N2O3. The number of likely N-dealkylation sites (tertiary alicyclic amines) is 1. The van der Waals surface area contributed by atoms with E-state index in [0.29, 0.717) is 18.5 Å². The Balaban J connectivity index is 1.96. The van der Waals surface area contributed by atoms with Crippen LogP contribution < -0.4 is 0 Å². The maximum Gasteiger partial charge on any atom is 0.331 e. The molecule has 22 heavy (non-hydrogen) atoms. The number of nitrogens with zero attached hydrogens (tertiary/aromatic N) is 2. The minimum absolute atomic E-state index is 0.142. The van der Waals surface area contributed by atoms with Gasteiger partial charge in [-0.2, -0.15) is 0 Å². The molecule has 1 aromatic heterocycles. The van der Waals surface area contributed by atoms with E-state index in [2.05, 4.69) is 4.98 Å². The van der Waals surface area contributed by atoms with Crippen molar-refractivity contribution >= 4 is 22.8 Å². The predicted molar refractivity (Wildman–Crippen MR) is 82.4 cm³/mol. The van der Waals surface area contributed by atoms with Crippen molar-refractivity contribution in [2.24, 2.45) is 0 Å². The normalized spacial score (nSPS) is 21.1. The van der Waals surface area contributed by atoms with Gasteiger partial charge in [0.2, 0.25) is 0 Å². The molecule has 5 nitrogen and oxygen atoms in total. The lowest BCUT2D eigenvalue weighted by atomic mass is 9.98. The number of esters is 1. The molecule has 1 aliphatic heterocycles. The van der Waals surface area contributed by atoms with E-state index in [4.69, 9.17) is 4.74 Å². The molecule has 0 N–H and O–H groups in total. The van der Waals surface area contributed by atoms with Crippen molar-refractivity contribution in [3.63, 3.8) is 0 Å². The maximum absolute atomic E-state index is 12.8. The summed E-state index contributed by atoms with van der Waals surface area (Å²) in [5.41, 5.74) is 0.532. The molecule has 1 fully saturated rings. The Kier molecular flexibility index (Phi) is 3.56. The molecule has 5 heteroatoms. The highest BCUT2D eigenvalue weighted by Crippen LogP contribution is 2.32. The van der Waals surface area contributed by atoms with Crippen LogP contribution in [0.3, 0.4) is 0 Å². The van der Waals surface area contributed by atoms with Crippen molar-refractivity contribution in [3.05, 3.63) is 42.1 Å². The number of carbonyl (C=O) groups is 2. The van der Waals surface area contributed by atoms with Crippen LogP contribution in [0, 0.1) is 0 Å². The van der Waals surface area contributed by atoms with E-state index < -0.39 is 5.54 Å². The number of rotatable bonds is 2. The average molecular weight is 298 g/mol. The van der Waals surface area contributed by atoms with Gasteiger partial charge in [0.05, 0.1) is 12.6 Å². The number of methoxy groups -OCH3 is 1. The predicted octanol–water partition coefficient (Wildman–Crippen LogP) is 2.40. The van der Waals surface area contributed by atoms with Gasteiger partial charge in [-0.15, -0.1) is 0 Å². The number of aromatic nitrogens is 1. The summed E-state index contributed by atoms with van der Waals surface area (Å²) in [6, 6.07) is 9.16. The molecule has 2 heterocycles. The second-order valence-corrected chi connectivity index (χ2v) is 5.74. The maximum atomic E-state index is 12.8. The van der Waals surface area contributed by atoms with Crippen molar-refractivity contribution in [1.29, 1.82) is 0 Å². The van der Waals surface area contributed by atoms with E-state index in [9.17, 15) is 9.59 Å². The first-order valence-electron chi connectivity index (χ1n) is 7.31. The fourth-order valence-electron chi connectivity index (χ4n) is 3.09. The smallest absolute Gasteiger partial charge is 0.331 e. The molecule has 1 unspecified atom stereocenters. The van der Waals surface area contributed by atoms with Crippen molar-refractivity contribution in [3.8, 4) is 0 Å². The Labute approximate surface area is 128 Å². The monoisotopic (exact) mass is 298 g/mol. The summed E-state index contributed by atoms with van der Waals surface area (Å²) >= 11 is 0. The number of pyridine rings is 1. The van der Waals surface area contributed by atoms with Gasteiger partial charge in [0, 0.05) is 23.7 Å². The van der Waals surface area contributed by atoms with Crippen molar-refractivity contribution in [1.82, 2.24) is 9.88 Å². The van der Waals surface area contributed by atoms with Crippen LogP contribution in [0.1, 0.15) is 30.1 Å². The topological polar surface area (TPSA) is 59.5 Å². The summed E-state index contributed by atoms with van der Waals surface area (Å²) in [5.74, 6) is -0.503. The first-order valence-corrected chi connectivity index (χ1v) is 7.31. The minimum Gasteiger partial charge on any atom is -0.467 e. The van der Waals surface area contributed by atoms with Crippen LogP contribution in [-0.2, 0) is 9.53 Å². The Bertz CT molecular complexity index is 744. The van der Waals surface area contributed by atoms with Crippen LogP contribution in [0.25, 0.3) is 10.9 Å². The lowest BCUT2D eigenvalue weighted by Gasteiger charge is -2.32. The zero-order chi connectivity index (χ0) is 15.7. The number of ether oxygens (including phenoxy) is 1. The Morgan fingerprint density at radius 1 is 1.32 bits per heavy atom. The molecule has 1 atom stereocenters. The van der Waals surface area contributed by atoms with E-state index in [1.54, 1.807) is 24.1 Å². The van der Waals surface area contributed by atoms with Gasteiger partial charge in [-0.1, -0.05) is 6.07 Å². The molecule has 1 aromatic carbocycles. The lowest BCUT2D eigenvalue weighted by Crippen LogP contribution is -2.51. The van der Waals surface area contributed by atoms with Crippen molar-refractivity contribution in [2.75, 3.05) is 13.7 Å². The van der Waals surface area contributed by atoms with Crippen LogP contribution >= 0.6 is 0 Å². The quantitative estimate of drug-likeness (QED) is 0.799. The fourth-order valence-corrected chi connectivity index (χ4v) is 3.09. The fraction of sp³-hybridized carbons (Fsp3) is 0.353. The second kappa shape index (κ2) is 5.40. The van der Waals surface area contributed by atoms with Gasteiger partial charge in [0.25, 0.3) is 5.91 Å². The molecule has 0 aliphatic carbocycles. The van der Waals surface area contributed by atoms with Crippen LogP contribution in [0.15, 0.2) is 36.5 Å². The third-order valence-corrected chi connectivity index (χ3v) is 4.36. The highest BCUT2D eigenvalue weighted by molar-refractivity contribution is 6.01. The first-order chi connectivity index (χ1) is 10.6. The zero-order valence-electron chi connectivity index (χ0n) is 12.7. The molecular weight excluding hydrogens is 280 g/mol. The highest BCUT2D eigenvalue weighted by Gasteiger charge is 2.46. The molecule has 0 saturated carbocycles. The van der Waals surface area contributed by atoms with Crippen molar-refractivity contribution < 1.29 is 14.3 Å². The molecule has 1 amide bonds. The molecule has 2 aromatic rings. The summed E-state index contributed by atoms with van der Waals surface area (Å²) < 4.78 is 4.88. The minimum atomic E-state index is -0.879. The van der Waals surface area contributed by atoms with Gasteiger partial charge >= 0.3 is 5.97 Å².